The van der Waals surface area contributed by atoms with Crippen LogP contribution < -0.4 is 0 Å². The van der Waals surface area contributed by atoms with Crippen LogP contribution in [0.5, 0.6) is 0 Å². The third-order valence-corrected chi connectivity index (χ3v) is 7.14. The number of hydrogen-bond acceptors (Lipinski definition) is 8. The van der Waals surface area contributed by atoms with Crippen molar-refractivity contribution in [2.24, 2.45) is 0 Å². The maximum absolute atomic E-state index is 12.7. The zero-order valence-corrected chi connectivity index (χ0v) is 19.0. The summed E-state index contributed by atoms with van der Waals surface area (Å²) in [6.45, 7) is 14.1. The molecule has 0 aromatic heterocycles. The van der Waals surface area contributed by atoms with Gasteiger partial charge >= 0.3 is 20.9 Å². The molecule has 0 fully saturated rings. The Labute approximate surface area is 164 Å². The molecule has 0 heterocycles. The van der Waals surface area contributed by atoms with Crippen molar-refractivity contribution in [2.75, 3.05) is 40.1 Å². The van der Waals surface area contributed by atoms with Crippen LogP contribution in [0.25, 0.3) is 0 Å². The molecule has 0 aromatic carbocycles. The second-order valence-corrected chi connectivity index (χ2v) is 8.18. The molecule has 0 rings (SSSR count). The first kappa shape index (κ1) is 26.2. The lowest BCUT2D eigenvalue weighted by molar-refractivity contribution is -0.426. The van der Waals surface area contributed by atoms with E-state index in [2.05, 4.69) is 0 Å². The lowest BCUT2D eigenvalue weighted by Crippen LogP contribution is -2.65. The predicted octanol–water partition coefficient (Wildman–Crippen LogP) is 3.10. The molecule has 0 N–H and O–H groups in total. The molecule has 2 atom stereocenters. The van der Waals surface area contributed by atoms with Gasteiger partial charge in [-0.05, 0) is 41.0 Å². The van der Waals surface area contributed by atoms with Crippen molar-refractivity contribution in [3.63, 3.8) is 0 Å². The number of methoxy groups -OCH3 is 1. The molecule has 162 valence electrons. The van der Waals surface area contributed by atoms with E-state index in [1.54, 1.807) is 20.8 Å². The maximum atomic E-state index is 12.7. The minimum Gasteiger partial charge on any atom is -0.448 e. The second-order valence-electron chi connectivity index (χ2n) is 5.44. The van der Waals surface area contributed by atoms with Crippen LogP contribution in [0.15, 0.2) is 0 Å². The smallest absolute Gasteiger partial charge is 0.448 e. The van der Waals surface area contributed by atoms with Crippen LogP contribution in [0.3, 0.4) is 0 Å². The minimum absolute atomic E-state index is 0.180. The van der Waals surface area contributed by atoms with Crippen molar-refractivity contribution in [3.05, 3.63) is 0 Å². The van der Waals surface area contributed by atoms with E-state index < -0.39 is 26.5 Å². The van der Waals surface area contributed by atoms with Crippen molar-refractivity contribution in [1.82, 2.24) is 5.06 Å². The van der Waals surface area contributed by atoms with E-state index in [-0.39, 0.29) is 6.61 Å². The molecule has 0 spiro atoms. The van der Waals surface area contributed by atoms with E-state index >= 15 is 0 Å². The van der Waals surface area contributed by atoms with Gasteiger partial charge in [0.05, 0.1) is 6.61 Å². The highest BCUT2D eigenvalue weighted by atomic mass is 28.4. The largest absolute Gasteiger partial charge is 0.527 e. The van der Waals surface area contributed by atoms with E-state index in [1.807, 2.05) is 27.7 Å². The maximum Gasteiger partial charge on any atom is 0.527 e. The molecule has 0 saturated heterocycles. The highest BCUT2D eigenvalue weighted by Gasteiger charge is 2.55. The van der Waals surface area contributed by atoms with Gasteiger partial charge in [-0.3, -0.25) is 0 Å². The molecule has 2 unspecified atom stereocenters. The van der Waals surface area contributed by atoms with Gasteiger partial charge in [0.15, 0.2) is 0 Å². The molecule has 9 nitrogen and oxygen atoms in total. The van der Waals surface area contributed by atoms with Gasteiger partial charge in [-0.15, -0.1) is 0 Å². The average molecular weight is 412 g/mol. The molecule has 0 bridgehead atoms. The molecule has 1 amide bonds. The summed E-state index contributed by atoms with van der Waals surface area (Å²) in [6, 6.07) is 0. The van der Waals surface area contributed by atoms with Gasteiger partial charge < -0.3 is 27.5 Å². The van der Waals surface area contributed by atoms with Gasteiger partial charge in [0, 0.05) is 40.5 Å². The highest BCUT2D eigenvalue weighted by Crippen LogP contribution is 2.27. The van der Waals surface area contributed by atoms with E-state index in [0.717, 1.165) is 5.06 Å². The summed E-state index contributed by atoms with van der Waals surface area (Å²) in [5.74, 6) is -1.49. The van der Waals surface area contributed by atoms with Crippen LogP contribution in [0.4, 0.5) is 4.79 Å². The number of amides is 1. The van der Waals surface area contributed by atoms with Crippen LogP contribution >= 0.6 is 0 Å². The first-order valence-electron chi connectivity index (χ1n) is 9.59. The number of hydrogen-bond donors (Lipinski definition) is 0. The average Bonchev–Trinajstić information content (AvgIpc) is 2.62. The molecular weight excluding hydrogens is 374 g/mol. The van der Waals surface area contributed by atoms with Gasteiger partial charge in [-0.2, -0.15) is 5.06 Å². The predicted molar refractivity (Wildman–Crippen MR) is 102 cm³/mol. The van der Waals surface area contributed by atoms with Crippen LogP contribution in [0.2, 0.25) is 0 Å². The Morgan fingerprint density at radius 3 is 1.78 bits per heavy atom. The zero-order valence-electron chi connectivity index (χ0n) is 18.0. The van der Waals surface area contributed by atoms with Crippen molar-refractivity contribution in [1.29, 1.82) is 0 Å². The Kier molecular flexibility index (Phi) is 13.1. The number of hydroxylamine groups is 2. The molecular formula is C17H37NO8Si. The Morgan fingerprint density at radius 1 is 0.926 bits per heavy atom. The van der Waals surface area contributed by atoms with E-state index in [1.165, 1.54) is 7.11 Å². The topological polar surface area (TPSA) is 84.9 Å². The van der Waals surface area contributed by atoms with Crippen LogP contribution in [-0.2, 0) is 32.3 Å². The standard InChI is InChI=1S/C17H37NO8Si/c1-9-15(27(23-12-4,24-13-5)25-14-6)18(16(19)21-10-2)26-17(7,20-8)22-11-3/h15H,9-14H2,1-8H3. The quantitative estimate of drug-likeness (QED) is 0.231. The second kappa shape index (κ2) is 13.4. The Bertz CT molecular complexity index is 397. The van der Waals surface area contributed by atoms with E-state index in [9.17, 15) is 4.79 Å². The summed E-state index contributed by atoms with van der Waals surface area (Å²) in [5, 5.41) is 1.08. The summed E-state index contributed by atoms with van der Waals surface area (Å²) in [7, 11) is -1.90. The van der Waals surface area contributed by atoms with Crippen LogP contribution in [0.1, 0.15) is 54.9 Å². The van der Waals surface area contributed by atoms with Gasteiger partial charge in [-0.1, -0.05) is 6.92 Å². The number of carbonyl (C=O) groups is 1. The Hall–Kier alpha value is -0.753. The van der Waals surface area contributed by atoms with E-state index in [4.69, 9.17) is 32.3 Å². The first-order chi connectivity index (χ1) is 12.8. The minimum atomic E-state index is -3.33. The summed E-state index contributed by atoms with van der Waals surface area (Å²) in [6.07, 6.45) is -0.236. The molecule has 10 heteroatoms. The third kappa shape index (κ3) is 7.64. The van der Waals surface area contributed by atoms with Gasteiger partial charge in [0.25, 0.3) is 0 Å². The molecule has 0 aliphatic heterocycles. The monoisotopic (exact) mass is 411 g/mol. The van der Waals surface area contributed by atoms with Gasteiger partial charge in [-0.25, -0.2) is 9.63 Å². The van der Waals surface area contributed by atoms with Crippen LogP contribution in [-0.4, -0.2) is 71.7 Å². The molecule has 0 aromatic rings. The SMILES string of the molecule is CCOC(=O)N(OC(C)(OC)OCC)C(CC)[Si](OCC)(OCC)OCC. The number of ether oxygens (including phenoxy) is 3. The number of nitrogens with zero attached hydrogens (tertiary/aromatic N) is 1. The highest BCUT2D eigenvalue weighted by molar-refractivity contribution is 6.62. The number of rotatable bonds is 15. The fourth-order valence-electron chi connectivity index (χ4n) is 2.56. The normalized spacial score (nSPS) is 15.3. The Morgan fingerprint density at radius 2 is 1.44 bits per heavy atom. The summed E-state index contributed by atoms with van der Waals surface area (Å²) in [4.78, 5) is 18.6. The first-order valence-corrected chi connectivity index (χ1v) is 11.4. The van der Waals surface area contributed by atoms with Gasteiger partial charge in [0.1, 0.15) is 5.67 Å². The van der Waals surface area contributed by atoms with E-state index in [0.29, 0.717) is 32.8 Å². The third-order valence-electron chi connectivity index (χ3n) is 3.60. The zero-order chi connectivity index (χ0) is 20.9. The van der Waals surface area contributed by atoms with Crippen LogP contribution in [0, 0.1) is 0 Å². The number of carbonyl (C=O) groups excluding carboxylic acids is 1. The molecule has 0 aliphatic rings. The van der Waals surface area contributed by atoms with Crippen molar-refractivity contribution < 1.29 is 37.1 Å². The Balaban J connectivity index is 6.05. The molecule has 27 heavy (non-hydrogen) atoms. The summed E-state index contributed by atoms with van der Waals surface area (Å²) < 4.78 is 33.9. The summed E-state index contributed by atoms with van der Waals surface area (Å²) >= 11 is 0. The fraction of sp³-hybridized carbons (Fsp3) is 0.941. The summed E-state index contributed by atoms with van der Waals surface area (Å²) in [5.41, 5.74) is -0.647. The van der Waals surface area contributed by atoms with Crippen molar-refractivity contribution >= 4 is 14.9 Å². The molecule has 0 radical (unpaired) electrons. The van der Waals surface area contributed by atoms with Crippen molar-refractivity contribution in [3.8, 4) is 0 Å². The molecule has 0 aliphatic carbocycles. The van der Waals surface area contributed by atoms with Gasteiger partial charge in [0.2, 0.25) is 0 Å². The van der Waals surface area contributed by atoms with Crippen molar-refractivity contribution in [2.45, 2.75) is 66.5 Å². The lowest BCUT2D eigenvalue weighted by Gasteiger charge is -2.41. The fourth-order valence-corrected chi connectivity index (χ4v) is 5.53. The lowest BCUT2D eigenvalue weighted by atomic mass is 10.5. The molecule has 0 saturated carbocycles.